The SMILES string of the molecule is COc1ncnc2c(CNC[C@H](O)[C@H](O)[C@H](O)CO)cn(COCc3ccccc3)c12.Cl. The third-order valence-electron chi connectivity index (χ3n) is 4.87. The fourth-order valence-electron chi connectivity index (χ4n) is 3.23. The molecular formula is C21H29ClN4O6. The van der Waals surface area contributed by atoms with Crippen molar-refractivity contribution in [3.8, 4) is 5.88 Å². The Balaban J connectivity index is 0.00000363. The summed E-state index contributed by atoms with van der Waals surface area (Å²) in [5.41, 5.74) is 3.24. The van der Waals surface area contributed by atoms with Crippen LogP contribution in [0.2, 0.25) is 0 Å². The number of fused-ring (bicyclic) bond motifs is 1. The normalized spacial score (nSPS) is 14.0. The minimum absolute atomic E-state index is 0. The molecule has 0 amide bonds. The Morgan fingerprint density at radius 1 is 1.09 bits per heavy atom. The van der Waals surface area contributed by atoms with Gasteiger partial charge >= 0.3 is 0 Å². The predicted octanol–water partition coefficient (Wildman–Crippen LogP) is 0.201. The van der Waals surface area contributed by atoms with Crippen molar-refractivity contribution < 1.29 is 29.9 Å². The van der Waals surface area contributed by atoms with Gasteiger partial charge in [-0.25, -0.2) is 4.98 Å². The fraction of sp³-hybridized carbons (Fsp3) is 0.429. The second-order valence-corrected chi connectivity index (χ2v) is 7.11. The second kappa shape index (κ2) is 12.7. The average Bonchev–Trinajstić information content (AvgIpc) is 3.16. The van der Waals surface area contributed by atoms with Gasteiger partial charge in [0.05, 0.1) is 26.4 Å². The topological polar surface area (TPSA) is 142 Å². The minimum Gasteiger partial charge on any atom is -0.479 e. The molecule has 0 aliphatic carbocycles. The molecule has 176 valence electrons. The maximum absolute atomic E-state index is 9.97. The van der Waals surface area contributed by atoms with Crippen molar-refractivity contribution in [2.45, 2.75) is 38.2 Å². The van der Waals surface area contributed by atoms with Crippen molar-refractivity contribution in [1.29, 1.82) is 0 Å². The third kappa shape index (κ3) is 6.36. The quantitative estimate of drug-likeness (QED) is 0.252. The molecule has 3 atom stereocenters. The van der Waals surface area contributed by atoms with Gasteiger partial charge in [0, 0.05) is 24.8 Å². The Labute approximate surface area is 191 Å². The number of nitrogens with one attached hydrogen (secondary N) is 1. The van der Waals surface area contributed by atoms with E-state index in [1.165, 1.54) is 13.4 Å². The maximum Gasteiger partial charge on any atom is 0.241 e. The Kier molecular flexibility index (Phi) is 10.3. The number of methoxy groups -OCH3 is 1. The van der Waals surface area contributed by atoms with Gasteiger partial charge in [0.2, 0.25) is 5.88 Å². The zero-order valence-electron chi connectivity index (χ0n) is 17.7. The molecule has 10 nitrogen and oxygen atoms in total. The van der Waals surface area contributed by atoms with Crippen LogP contribution in [0.1, 0.15) is 11.1 Å². The molecule has 2 aromatic heterocycles. The molecule has 3 aromatic rings. The molecule has 0 aliphatic heterocycles. The highest BCUT2D eigenvalue weighted by molar-refractivity contribution is 5.85. The Bertz CT molecular complexity index is 958. The molecule has 0 saturated carbocycles. The number of aromatic nitrogens is 3. The zero-order chi connectivity index (χ0) is 22.2. The van der Waals surface area contributed by atoms with Gasteiger partial charge in [0.15, 0.2) is 0 Å². The summed E-state index contributed by atoms with van der Waals surface area (Å²) in [5, 5.41) is 41.1. The number of benzene rings is 1. The Morgan fingerprint density at radius 2 is 1.84 bits per heavy atom. The summed E-state index contributed by atoms with van der Waals surface area (Å²) in [7, 11) is 1.53. The van der Waals surface area contributed by atoms with Gasteiger partial charge in [-0.2, -0.15) is 4.98 Å². The van der Waals surface area contributed by atoms with E-state index in [1.54, 1.807) is 0 Å². The maximum atomic E-state index is 9.97. The van der Waals surface area contributed by atoms with Crippen LogP contribution < -0.4 is 10.1 Å². The average molecular weight is 469 g/mol. The van der Waals surface area contributed by atoms with Gasteiger partial charge in [-0.15, -0.1) is 12.4 Å². The summed E-state index contributed by atoms with van der Waals surface area (Å²) in [6.07, 6.45) is -0.819. The van der Waals surface area contributed by atoms with Crippen LogP contribution in [0.5, 0.6) is 5.88 Å². The number of aliphatic hydroxyl groups is 4. The van der Waals surface area contributed by atoms with Gasteiger partial charge in [-0.1, -0.05) is 30.3 Å². The lowest BCUT2D eigenvalue weighted by atomic mass is 10.1. The standard InChI is InChI=1S/C21H28N4O6.ClH/c1-30-21-19-18(23-12-24-21)15(7-22-8-16(27)20(29)17(28)10-26)9-25(19)13-31-11-14-5-3-2-4-6-14;/h2-6,9,12,16-17,20,22,26-29H,7-8,10-11,13H2,1H3;1H/t16-,17+,20-;/m0./s1. The molecule has 0 aliphatic rings. The third-order valence-corrected chi connectivity index (χ3v) is 4.87. The molecule has 0 saturated heterocycles. The highest BCUT2D eigenvalue weighted by atomic mass is 35.5. The number of hydrogen-bond donors (Lipinski definition) is 5. The van der Waals surface area contributed by atoms with Crippen LogP contribution in [-0.4, -0.2) is 73.5 Å². The molecule has 2 heterocycles. The van der Waals surface area contributed by atoms with Gasteiger partial charge in [0.1, 0.15) is 36.3 Å². The van der Waals surface area contributed by atoms with Crippen LogP contribution in [0.15, 0.2) is 42.9 Å². The van der Waals surface area contributed by atoms with Gasteiger partial charge < -0.3 is 39.8 Å². The highest BCUT2D eigenvalue weighted by Crippen LogP contribution is 2.26. The summed E-state index contributed by atoms with van der Waals surface area (Å²) in [4.78, 5) is 8.53. The van der Waals surface area contributed by atoms with Gasteiger partial charge in [-0.05, 0) is 5.56 Å². The lowest BCUT2D eigenvalue weighted by Gasteiger charge is -2.21. The first kappa shape index (κ1) is 25.9. The van der Waals surface area contributed by atoms with E-state index in [4.69, 9.17) is 14.6 Å². The lowest BCUT2D eigenvalue weighted by molar-refractivity contribution is -0.0750. The van der Waals surface area contributed by atoms with Crippen molar-refractivity contribution in [3.63, 3.8) is 0 Å². The van der Waals surface area contributed by atoms with Crippen molar-refractivity contribution in [2.24, 2.45) is 0 Å². The van der Waals surface area contributed by atoms with E-state index in [1.807, 2.05) is 41.1 Å². The summed E-state index contributed by atoms with van der Waals surface area (Å²) >= 11 is 0. The van der Waals surface area contributed by atoms with Gasteiger partial charge in [0.25, 0.3) is 0 Å². The van der Waals surface area contributed by atoms with E-state index in [0.717, 1.165) is 11.1 Å². The van der Waals surface area contributed by atoms with E-state index in [-0.39, 0.29) is 25.7 Å². The van der Waals surface area contributed by atoms with E-state index in [2.05, 4.69) is 15.3 Å². The van der Waals surface area contributed by atoms with Crippen molar-refractivity contribution in [2.75, 3.05) is 20.3 Å². The molecule has 0 fully saturated rings. The van der Waals surface area contributed by atoms with Crippen molar-refractivity contribution in [3.05, 3.63) is 54.0 Å². The largest absolute Gasteiger partial charge is 0.479 e. The van der Waals surface area contributed by atoms with E-state index in [0.29, 0.717) is 30.1 Å². The molecule has 0 bridgehead atoms. The predicted molar refractivity (Wildman–Crippen MR) is 119 cm³/mol. The molecule has 32 heavy (non-hydrogen) atoms. The van der Waals surface area contributed by atoms with Crippen LogP contribution in [0.4, 0.5) is 0 Å². The highest BCUT2D eigenvalue weighted by Gasteiger charge is 2.24. The molecule has 0 unspecified atom stereocenters. The number of nitrogens with zero attached hydrogens (tertiary/aromatic N) is 3. The van der Waals surface area contributed by atoms with E-state index >= 15 is 0 Å². The monoisotopic (exact) mass is 468 g/mol. The number of hydrogen-bond acceptors (Lipinski definition) is 9. The van der Waals surface area contributed by atoms with Crippen LogP contribution in [0.25, 0.3) is 11.0 Å². The first-order chi connectivity index (χ1) is 15.0. The van der Waals surface area contributed by atoms with Gasteiger partial charge in [-0.3, -0.25) is 0 Å². The van der Waals surface area contributed by atoms with Crippen LogP contribution in [0, 0.1) is 0 Å². The molecular weight excluding hydrogens is 440 g/mol. The summed E-state index contributed by atoms with van der Waals surface area (Å²) in [6.45, 7) is 0.422. The second-order valence-electron chi connectivity index (χ2n) is 7.11. The smallest absolute Gasteiger partial charge is 0.241 e. The Hall–Kier alpha value is -2.31. The van der Waals surface area contributed by atoms with E-state index in [9.17, 15) is 15.3 Å². The first-order valence-electron chi connectivity index (χ1n) is 9.89. The van der Waals surface area contributed by atoms with Crippen LogP contribution in [-0.2, 0) is 24.6 Å². The van der Waals surface area contributed by atoms with E-state index < -0.39 is 24.9 Å². The molecule has 11 heteroatoms. The molecule has 0 spiro atoms. The molecule has 5 N–H and O–H groups in total. The number of rotatable bonds is 12. The molecule has 0 radical (unpaired) electrons. The summed E-state index contributed by atoms with van der Waals surface area (Å²) in [6, 6.07) is 9.83. The number of aliphatic hydroxyl groups excluding tert-OH is 4. The lowest BCUT2D eigenvalue weighted by Crippen LogP contribution is -2.44. The van der Waals surface area contributed by atoms with Crippen LogP contribution >= 0.6 is 12.4 Å². The Morgan fingerprint density at radius 3 is 2.53 bits per heavy atom. The molecule has 3 rings (SSSR count). The number of ether oxygens (including phenoxy) is 2. The zero-order valence-corrected chi connectivity index (χ0v) is 18.5. The van der Waals surface area contributed by atoms with Crippen molar-refractivity contribution >= 4 is 23.4 Å². The molecule has 1 aromatic carbocycles. The van der Waals surface area contributed by atoms with Crippen LogP contribution in [0.3, 0.4) is 0 Å². The van der Waals surface area contributed by atoms with Crippen molar-refractivity contribution in [1.82, 2.24) is 19.9 Å². The fourth-order valence-corrected chi connectivity index (χ4v) is 3.23. The summed E-state index contributed by atoms with van der Waals surface area (Å²) < 4.78 is 13.1. The summed E-state index contributed by atoms with van der Waals surface area (Å²) in [5.74, 6) is 0.418. The minimum atomic E-state index is -1.45. The first-order valence-corrected chi connectivity index (χ1v) is 9.89. The number of halogens is 1.